The molecule has 0 radical (unpaired) electrons. The maximum atomic E-state index is 12.0. The fourth-order valence-electron chi connectivity index (χ4n) is 2.08. The van der Waals surface area contributed by atoms with Crippen molar-refractivity contribution in [1.29, 1.82) is 0 Å². The third-order valence-electron chi connectivity index (χ3n) is 3.61. The molecule has 138 valence electrons. The molecule has 0 saturated carbocycles. The summed E-state index contributed by atoms with van der Waals surface area (Å²) in [6.07, 6.45) is 0.300. The summed E-state index contributed by atoms with van der Waals surface area (Å²) in [7, 11) is 1.43. The van der Waals surface area contributed by atoms with Crippen molar-refractivity contribution in [2.75, 3.05) is 25.5 Å². The van der Waals surface area contributed by atoms with Crippen LogP contribution < -0.4 is 10.7 Å². The van der Waals surface area contributed by atoms with Gasteiger partial charge in [0.1, 0.15) is 5.71 Å². The monoisotopic (exact) mass is 360 g/mol. The molecule has 2 N–H and O–H groups in total. The molecule has 3 amide bonds. The zero-order valence-electron chi connectivity index (χ0n) is 14.6. The Morgan fingerprint density at radius 3 is 2.54 bits per heavy atom. The number of amides is 3. The molecule has 0 fully saturated rings. The number of hydrogen-bond acceptors (Lipinski definition) is 6. The molecule has 0 saturated heterocycles. The van der Waals surface area contributed by atoms with E-state index in [1.807, 2.05) is 19.1 Å². The van der Waals surface area contributed by atoms with Gasteiger partial charge in [-0.1, -0.05) is 17.7 Å². The lowest BCUT2D eigenvalue weighted by Gasteiger charge is -2.17. The number of hydrazone groups is 1. The van der Waals surface area contributed by atoms with Gasteiger partial charge in [-0.05, 0) is 19.1 Å². The Hall–Kier alpha value is -3.23. The highest BCUT2D eigenvalue weighted by molar-refractivity contribution is 6.37. The Labute approximate surface area is 150 Å². The molecule has 9 nitrogen and oxygen atoms in total. The van der Waals surface area contributed by atoms with Gasteiger partial charge < -0.3 is 15.0 Å². The number of likely N-dealkylation sites (N-methyl/N-ethyl adjacent to an activating group) is 1. The Bertz CT molecular complexity index is 742. The fourth-order valence-corrected chi connectivity index (χ4v) is 2.08. The first-order chi connectivity index (χ1) is 12.3. The van der Waals surface area contributed by atoms with Crippen molar-refractivity contribution < 1.29 is 23.9 Å². The number of esters is 1. The molecule has 1 aliphatic heterocycles. The molecular weight excluding hydrogens is 340 g/mol. The molecule has 0 atom stereocenters. The molecule has 0 bridgehead atoms. The molecule has 1 heterocycles. The summed E-state index contributed by atoms with van der Waals surface area (Å²) >= 11 is 0. The van der Waals surface area contributed by atoms with E-state index in [1.54, 1.807) is 12.1 Å². The second kappa shape index (κ2) is 8.75. The Kier molecular flexibility index (Phi) is 6.42. The predicted octanol–water partition coefficient (Wildman–Crippen LogP) is 0.201. The predicted molar refractivity (Wildman–Crippen MR) is 93.2 cm³/mol. The third-order valence-corrected chi connectivity index (χ3v) is 3.61. The number of nitrogens with one attached hydrogen (secondary N) is 2. The largest absolute Gasteiger partial charge is 0.451 e. The van der Waals surface area contributed by atoms with Crippen LogP contribution in [0, 0.1) is 6.92 Å². The van der Waals surface area contributed by atoms with Crippen molar-refractivity contribution in [3.8, 4) is 0 Å². The van der Waals surface area contributed by atoms with Gasteiger partial charge in [0.2, 0.25) is 11.8 Å². The van der Waals surface area contributed by atoms with Crippen LogP contribution in [0.4, 0.5) is 5.69 Å². The van der Waals surface area contributed by atoms with Crippen LogP contribution in [-0.4, -0.2) is 54.5 Å². The molecular formula is C17H20N4O5. The average Bonchev–Trinajstić information content (AvgIpc) is 2.61. The van der Waals surface area contributed by atoms with E-state index < -0.39 is 18.5 Å². The number of anilines is 1. The quantitative estimate of drug-likeness (QED) is 0.703. The zero-order chi connectivity index (χ0) is 19.1. The topological polar surface area (TPSA) is 117 Å². The van der Waals surface area contributed by atoms with E-state index in [9.17, 15) is 19.2 Å². The summed E-state index contributed by atoms with van der Waals surface area (Å²) in [5.74, 6) is -1.94. The maximum absolute atomic E-state index is 12.0. The maximum Gasteiger partial charge on any atom is 0.355 e. The summed E-state index contributed by atoms with van der Waals surface area (Å²) in [5.41, 5.74) is 3.93. The standard InChI is InChI=1S/C17H20N4O5/c1-11-3-5-12(6-4-11)18-15(23)9-21(2)16(24)10-26-17(25)13-7-8-14(22)20-19-13/h3-6H,7-10H2,1-2H3,(H,18,23)(H,20,22). The van der Waals surface area contributed by atoms with Crippen molar-refractivity contribution in [1.82, 2.24) is 10.3 Å². The van der Waals surface area contributed by atoms with Crippen LogP contribution in [0.3, 0.4) is 0 Å². The average molecular weight is 360 g/mol. The first kappa shape index (κ1) is 19.1. The minimum absolute atomic E-state index is 0.0529. The molecule has 0 aromatic heterocycles. The number of benzene rings is 1. The minimum Gasteiger partial charge on any atom is -0.451 e. The highest BCUT2D eigenvalue weighted by Crippen LogP contribution is 2.08. The molecule has 1 aliphatic rings. The molecule has 1 aromatic rings. The Morgan fingerprint density at radius 1 is 1.23 bits per heavy atom. The van der Waals surface area contributed by atoms with Crippen LogP contribution >= 0.6 is 0 Å². The van der Waals surface area contributed by atoms with Crippen LogP contribution in [0.15, 0.2) is 29.4 Å². The van der Waals surface area contributed by atoms with Crippen molar-refractivity contribution in [3.63, 3.8) is 0 Å². The lowest BCUT2D eigenvalue weighted by molar-refractivity contribution is -0.146. The van der Waals surface area contributed by atoms with Gasteiger partial charge in [-0.15, -0.1) is 0 Å². The molecule has 1 aromatic carbocycles. The second-order valence-corrected chi connectivity index (χ2v) is 5.83. The first-order valence-corrected chi connectivity index (χ1v) is 7.98. The van der Waals surface area contributed by atoms with Gasteiger partial charge in [-0.3, -0.25) is 14.4 Å². The van der Waals surface area contributed by atoms with Gasteiger partial charge >= 0.3 is 5.97 Å². The molecule has 2 rings (SSSR count). The highest BCUT2D eigenvalue weighted by Gasteiger charge is 2.21. The van der Waals surface area contributed by atoms with Crippen molar-refractivity contribution in [2.45, 2.75) is 19.8 Å². The lowest BCUT2D eigenvalue weighted by Crippen LogP contribution is -2.38. The smallest absolute Gasteiger partial charge is 0.355 e. The van der Waals surface area contributed by atoms with E-state index in [2.05, 4.69) is 15.8 Å². The normalized spacial score (nSPS) is 13.3. The number of carbonyl (C=O) groups excluding carboxylic acids is 4. The van der Waals surface area contributed by atoms with Gasteiger partial charge in [0.25, 0.3) is 5.91 Å². The van der Waals surface area contributed by atoms with Crippen LogP contribution in [0.1, 0.15) is 18.4 Å². The zero-order valence-corrected chi connectivity index (χ0v) is 14.6. The summed E-state index contributed by atoms with van der Waals surface area (Å²) < 4.78 is 4.87. The fraction of sp³-hybridized carbons (Fsp3) is 0.353. The molecule has 0 unspecified atom stereocenters. The van der Waals surface area contributed by atoms with E-state index in [0.29, 0.717) is 5.69 Å². The van der Waals surface area contributed by atoms with E-state index in [0.717, 1.165) is 10.5 Å². The van der Waals surface area contributed by atoms with Gasteiger partial charge in [-0.2, -0.15) is 5.10 Å². The first-order valence-electron chi connectivity index (χ1n) is 7.98. The van der Waals surface area contributed by atoms with Crippen LogP contribution in [0.5, 0.6) is 0 Å². The third kappa shape index (κ3) is 5.69. The second-order valence-electron chi connectivity index (χ2n) is 5.83. The summed E-state index contributed by atoms with van der Waals surface area (Å²) in [5, 5.41) is 6.26. The van der Waals surface area contributed by atoms with E-state index in [-0.39, 0.29) is 36.9 Å². The summed E-state index contributed by atoms with van der Waals surface area (Å²) in [6.45, 7) is 1.24. The number of carbonyl (C=O) groups is 4. The highest BCUT2D eigenvalue weighted by atomic mass is 16.5. The number of nitrogens with zero attached hydrogens (tertiary/aromatic N) is 2. The number of aryl methyl sites for hydroxylation is 1. The number of rotatable bonds is 6. The van der Waals surface area contributed by atoms with E-state index in [1.165, 1.54) is 7.05 Å². The van der Waals surface area contributed by atoms with Gasteiger partial charge in [0.15, 0.2) is 6.61 Å². The number of ether oxygens (including phenoxy) is 1. The van der Waals surface area contributed by atoms with Gasteiger partial charge in [-0.25, -0.2) is 10.2 Å². The van der Waals surface area contributed by atoms with E-state index in [4.69, 9.17) is 4.74 Å². The summed E-state index contributed by atoms with van der Waals surface area (Å²) in [6, 6.07) is 7.25. The molecule has 9 heteroatoms. The van der Waals surface area contributed by atoms with Crippen LogP contribution in [-0.2, 0) is 23.9 Å². The van der Waals surface area contributed by atoms with Crippen molar-refractivity contribution >= 4 is 35.1 Å². The molecule has 0 spiro atoms. The van der Waals surface area contributed by atoms with Crippen molar-refractivity contribution in [2.24, 2.45) is 5.10 Å². The minimum atomic E-state index is -0.768. The summed E-state index contributed by atoms with van der Waals surface area (Å²) in [4.78, 5) is 47.8. The van der Waals surface area contributed by atoms with Gasteiger partial charge in [0.05, 0.1) is 6.54 Å². The van der Waals surface area contributed by atoms with Crippen molar-refractivity contribution in [3.05, 3.63) is 29.8 Å². The molecule has 26 heavy (non-hydrogen) atoms. The van der Waals surface area contributed by atoms with E-state index >= 15 is 0 Å². The molecule has 0 aliphatic carbocycles. The lowest BCUT2D eigenvalue weighted by atomic mass is 10.2. The Morgan fingerprint density at radius 2 is 1.92 bits per heavy atom. The van der Waals surface area contributed by atoms with Gasteiger partial charge in [0, 0.05) is 25.6 Å². The van der Waals surface area contributed by atoms with Crippen LogP contribution in [0.2, 0.25) is 0 Å². The number of hydrogen-bond donors (Lipinski definition) is 2. The Balaban J connectivity index is 1.76. The van der Waals surface area contributed by atoms with Crippen LogP contribution in [0.25, 0.3) is 0 Å². The SMILES string of the molecule is Cc1ccc(NC(=O)CN(C)C(=O)COC(=O)C2=NNC(=O)CC2)cc1.